The van der Waals surface area contributed by atoms with Gasteiger partial charge < -0.3 is 4.90 Å². The van der Waals surface area contributed by atoms with Crippen LogP contribution < -0.4 is 0 Å². The van der Waals surface area contributed by atoms with Crippen LogP contribution in [-0.4, -0.2) is 17.9 Å². The Kier molecular flexibility index (Phi) is 5.12. The molecule has 110 valence electrons. The Balaban J connectivity index is 2.15. The van der Waals surface area contributed by atoms with Gasteiger partial charge >= 0.3 is 0 Å². The van der Waals surface area contributed by atoms with Gasteiger partial charge in [-0.3, -0.25) is 4.79 Å². The monoisotopic (exact) mass is 349 g/mol. The number of hydrogen-bond acceptors (Lipinski definition) is 1. The maximum atomic E-state index is 13.8. The van der Waals surface area contributed by atoms with E-state index >= 15 is 0 Å². The lowest BCUT2D eigenvalue weighted by Crippen LogP contribution is -2.27. The molecule has 0 saturated carbocycles. The molecule has 2 aromatic carbocycles. The van der Waals surface area contributed by atoms with Crippen LogP contribution in [0.5, 0.6) is 0 Å². The van der Waals surface area contributed by atoms with Crippen LogP contribution in [0.2, 0.25) is 0 Å². The summed E-state index contributed by atoms with van der Waals surface area (Å²) in [7, 11) is 1.68. The van der Waals surface area contributed by atoms with E-state index in [4.69, 9.17) is 0 Å². The molecule has 0 fully saturated rings. The molecule has 0 aliphatic carbocycles. The maximum absolute atomic E-state index is 13.8. The number of rotatable bonds is 4. The van der Waals surface area contributed by atoms with Crippen molar-refractivity contribution in [3.63, 3.8) is 0 Å². The quantitative estimate of drug-likeness (QED) is 0.799. The molecule has 0 heterocycles. The first kappa shape index (κ1) is 15.7. The number of carbonyl (C=O) groups is 1. The number of amides is 1. The molecule has 0 aliphatic rings. The van der Waals surface area contributed by atoms with Crippen LogP contribution in [0.15, 0.2) is 46.9 Å². The molecular weight excluding hydrogens is 333 g/mol. The van der Waals surface area contributed by atoms with Crippen molar-refractivity contribution in [1.29, 1.82) is 0 Å². The second-order valence-corrected chi connectivity index (χ2v) is 5.78. The molecule has 0 aromatic heterocycles. The highest BCUT2D eigenvalue weighted by Gasteiger charge is 2.19. The van der Waals surface area contributed by atoms with Crippen LogP contribution in [0, 0.1) is 5.82 Å². The fourth-order valence-corrected chi connectivity index (χ4v) is 2.63. The highest BCUT2D eigenvalue weighted by atomic mass is 79.9. The molecule has 2 aromatic rings. The zero-order valence-electron chi connectivity index (χ0n) is 12.1. The first-order valence-corrected chi connectivity index (χ1v) is 7.59. The van der Waals surface area contributed by atoms with E-state index in [0.717, 1.165) is 12.0 Å². The molecule has 0 bridgehead atoms. The van der Waals surface area contributed by atoms with Crippen molar-refractivity contribution in [3.05, 3.63) is 69.4 Å². The summed E-state index contributed by atoms with van der Waals surface area (Å²) in [6.45, 7) is 2.55. The molecule has 0 unspecified atom stereocenters. The highest BCUT2D eigenvalue weighted by molar-refractivity contribution is 9.10. The lowest BCUT2D eigenvalue weighted by atomic mass is 10.1. The van der Waals surface area contributed by atoms with Gasteiger partial charge in [0, 0.05) is 18.1 Å². The van der Waals surface area contributed by atoms with Gasteiger partial charge in [0.15, 0.2) is 0 Å². The Morgan fingerprint density at radius 1 is 1.14 bits per heavy atom. The van der Waals surface area contributed by atoms with E-state index in [0.29, 0.717) is 11.0 Å². The van der Waals surface area contributed by atoms with Crippen LogP contribution in [0.25, 0.3) is 0 Å². The number of halogens is 2. The number of carbonyl (C=O) groups excluding carboxylic acids is 1. The molecule has 0 N–H and O–H groups in total. The van der Waals surface area contributed by atoms with Gasteiger partial charge in [-0.25, -0.2) is 4.39 Å². The summed E-state index contributed by atoms with van der Waals surface area (Å²) in [5.74, 6) is -0.845. The van der Waals surface area contributed by atoms with Gasteiger partial charge in [0.25, 0.3) is 5.91 Å². The predicted octanol–water partition coefficient (Wildman–Crippen LogP) is 4.42. The Morgan fingerprint density at radius 2 is 1.76 bits per heavy atom. The molecular formula is C17H17BrFNO. The van der Waals surface area contributed by atoms with Gasteiger partial charge in [0.05, 0.1) is 5.56 Å². The fourth-order valence-electron chi connectivity index (χ4n) is 2.12. The topological polar surface area (TPSA) is 20.3 Å². The van der Waals surface area contributed by atoms with Gasteiger partial charge in [-0.2, -0.15) is 0 Å². The van der Waals surface area contributed by atoms with E-state index in [9.17, 15) is 9.18 Å². The predicted molar refractivity (Wildman–Crippen MR) is 85.7 cm³/mol. The minimum atomic E-state index is -0.512. The van der Waals surface area contributed by atoms with E-state index in [1.807, 2.05) is 24.3 Å². The van der Waals surface area contributed by atoms with E-state index in [-0.39, 0.29) is 11.5 Å². The van der Waals surface area contributed by atoms with Gasteiger partial charge in [0.2, 0.25) is 0 Å². The normalized spacial score (nSPS) is 10.5. The van der Waals surface area contributed by atoms with Gasteiger partial charge in [-0.15, -0.1) is 0 Å². The number of aryl methyl sites for hydroxylation is 1. The Bertz CT molecular complexity index is 619. The van der Waals surface area contributed by atoms with Crippen molar-refractivity contribution >= 4 is 21.8 Å². The van der Waals surface area contributed by atoms with Crippen LogP contribution in [0.3, 0.4) is 0 Å². The first-order chi connectivity index (χ1) is 10.0. The minimum Gasteiger partial charge on any atom is -0.337 e. The Hall–Kier alpha value is -1.68. The summed E-state index contributed by atoms with van der Waals surface area (Å²) in [4.78, 5) is 13.9. The van der Waals surface area contributed by atoms with Crippen molar-refractivity contribution in [2.45, 2.75) is 19.9 Å². The summed E-state index contributed by atoms with van der Waals surface area (Å²) in [5, 5.41) is 0. The largest absolute Gasteiger partial charge is 0.337 e. The van der Waals surface area contributed by atoms with Gasteiger partial charge in [-0.05, 0) is 45.6 Å². The van der Waals surface area contributed by atoms with Crippen LogP contribution >= 0.6 is 15.9 Å². The Labute approximate surface area is 132 Å². The molecule has 0 atom stereocenters. The molecule has 0 spiro atoms. The molecule has 1 amide bonds. The molecule has 2 nitrogen and oxygen atoms in total. The van der Waals surface area contributed by atoms with Crippen LogP contribution in [0.4, 0.5) is 4.39 Å². The summed E-state index contributed by atoms with van der Waals surface area (Å²) in [6, 6.07) is 12.6. The summed E-state index contributed by atoms with van der Waals surface area (Å²) in [5.41, 5.74) is 2.35. The third-order valence-corrected chi connectivity index (χ3v) is 4.04. The third kappa shape index (κ3) is 3.70. The maximum Gasteiger partial charge on any atom is 0.258 e. The van der Waals surface area contributed by atoms with Crippen LogP contribution in [0.1, 0.15) is 28.4 Å². The van der Waals surface area contributed by atoms with Crippen molar-refractivity contribution in [1.82, 2.24) is 4.90 Å². The summed E-state index contributed by atoms with van der Waals surface area (Å²) in [6.07, 6.45) is 0.983. The second-order valence-electron chi connectivity index (χ2n) is 4.93. The summed E-state index contributed by atoms with van der Waals surface area (Å²) >= 11 is 3.23. The zero-order chi connectivity index (χ0) is 15.4. The highest BCUT2D eigenvalue weighted by Crippen LogP contribution is 2.21. The van der Waals surface area contributed by atoms with E-state index in [2.05, 4.69) is 22.9 Å². The fraction of sp³-hybridized carbons (Fsp3) is 0.235. The standard InChI is InChI=1S/C17H17BrFNO/c1-3-12-7-9-13(10-8-12)11-20(2)17(21)16-14(18)5-4-6-15(16)19/h4-10H,3,11H2,1-2H3. The Morgan fingerprint density at radius 3 is 2.33 bits per heavy atom. The van der Waals surface area contributed by atoms with Crippen molar-refractivity contribution in [2.75, 3.05) is 7.05 Å². The average molecular weight is 350 g/mol. The van der Waals surface area contributed by atoms with Crippen molar-refractivity contribution in [2.24, 2.45) is 0 Å². The molecule has 2 rings (SSSR count). The zero-order valence-corrected chi connectivity index (χ0v) is 13.7. The minimum absolute atomic E-state index is 0.0742. The molecule has 21 heavy (non-hydrogen) atoms. The third-order valence-electron chi connectivity index (χ3n) is 3.37. The van der Waals surface area contributed by atoms with Crippen molar-refractivity contribution in [3.8, 4) is 0 Å². The molecule has 0 radical (unpaired) electrons. The lowest BCUT2D eigenvalue weighted by Gasteiger charge is -2.18. The van der Waals surface area contributed by atoms with Crippen LogP contribution in [-0.2, 0) is 13.0 Å². The number of hydrogen-bond donors (Lipinski definition) is 0. The second kappa shape index (κ2) is 6.85. The molecule has 4 heteroatoms. The van der Waals surface area contributed by atoms with Gasteiger partial charge in [-0.1, -0.05) is 37.3 Å². The van der Waals surface area contributed by atoms with Gasteiger partial charge in [0.1, 0.15) is 5.82 Å². The SMILES string of the molecule is CCc1ccc(CN(C)C(=O)c2c(F)cccc2Br)cc1. The van der Waals surface area contributed by atoms with E-state index in [1.165, 1.54) is 16.5 Å². The molecule has 0 aliphatic heterocycles. The number of nitrogens with zero attached hydrogens (tertiary/aromatic N) is 1. The average Bonchev–Trinajstić information content (AvgIpc) is 2.47. The van der Waals surface area contributed by atoms with Crippen molar-refractivity contribution < 1.29 is 9.18 Å². The smallest absolute Gasteiger partial charge is 0.258 e. The number of benzene rings is 2. The first-order valence-electron chi connectivity index (χ1n) is 6.80. The van der Waals surface area contributed by atoms with E-state index < -0.39 is 5.82 Å². The lowest BCUT2D eigenvalue weighted by molar-refractivity contribution is 0.0779. The van der Waals surface area contributed by atoms with E-state index in [1.54, 1.807) is 19.2 Å². The summed E-state index contributed by atoms with van der Waals surface area (Å²) < 4.78 is 14.3. The molecule has 0 saturated heterocycles.